The molecule has 4 fully saturated rings. The predicted molar refractivity (Wildman–Crippen MR) is 192 cm³/mol. The lowest BCUT2D eigenvalue weighted by atomic mass is 9.78. The van der Waals surface area contributed by atoms with E-state index in [2.05, 4.69) is 53.5 Å². The summed E-state index contributed by atoms with van der Waals surface area (Å²) in [6, 6.07) is 16.3. The van der Waals surface area contributed by atoms with Crippen molar-refractivity contribution in [2.45, 2.75) is 75.0 Å². The van der Waals surface area contributed by atoms with Gasteiger partial charge in [-0.2, -0.15) is 5.10 Å². The quantitative estimate of drug-likeness (QED) is 0.255. The number of nitrogen functional groups attached to an aromatic ring is 1. The van der Waals surface area contributed by atoms with Crippen molar-refractivity contribution in [3.63, 3.8) is 0 Å². The highest BCUT2D eigenvalue weighted by atomic mass is 16.5. The number of anilines is 3. The molecule has 51 heavy (non-hydrogen) atoms. The van der Waals surface area contributed by atoms with Crippen LogP contribution in [0.15, 0.2) is 60.9 Å². The number of carbonyl (C=O) groups is 2. The highest BCUT2D eigenvalue weighted by Crippen LogP contribution is 2.43. The largest absolute Gasteiger partial charge is 0.507 e. The van der Waals surface area contributed by atoms with Crippen molar-refractivity contribution < 1.29 is 19.4 Å². The Balaban J connectivity index is 0.869. The molecular formula is C38H43N9O4. The second-order valence-corrected chi connectivity index (χ2v) is 14.6. The summed E-state index contributed by atoms with van der Waals surface area (Å²) in [7, 11) is 0. The van der Waals surface area contributed by atoms with Crippen LogP contribution in [-0.2, 0) is 20.7 Å². The van der Waals surface area contributed by atoms with E-state index >= 15 is 0 Å². The lowest BCUT2D eigenvalue weighted by Crippen LogP contribution is -2.67. The summed E-state index contributed by atoms with van der Waals surface area (Å²) in [5.41, 5.74) is 13.0. The lowest BCUT2D eigenvalue weighted by molar-refractivity contribution is -0.134. The van der Waals surface area contributed by atoms with Gasteiger partial charge in [0.2, 0.25) is 11.8 Å². The molecule has 5 aliphatic rings. The zero-order valence-corrected chi connectivity index (χ0v) is 28.5. The molecule has 0 radical (unpaired) electrons. The van der Waals surface area contributed by atoms with Crippen LogP contribution in [0.5, 0.6) is 5.75 Å². The molecule has 264 valence electrons. The number of phenols is 1. The summed E-state index contributed by atoms with van der Waals surface area (Å²) in [5.74, 6) is 0.582. The van der Waals surface area contributed by atoms with Crippen LogP contribution in [-0.4, -0.2) is 98.8 Å². The number of piperidine rings is 1. The number of imide groups is 1. The minimum absolute atomic E-state index is 0.130. The molecule has 1 saturated carbocycles. The molecule has 3 atom stereocenters. The van der Waals surface area contributed by atoms with Gasteiger partial charge >= 0.3 is 0 Å². The number of nitrogens with zero attached hydrogens (tertiary/aromatic N) is 7. The number of aromatic nitrogens is 4. The van der Waals surface area contributed by atoms with Crippen molar-refractivity contribution in [2.75, 3.05) is 48.4 Å². The van der Waals surface area contributed by atoms with E-state index in [0.717, 1.165) is 57.4 Å². The van der Waals surface area contributed by atoms with E-state index < -0.39 is 0 Å². The van der Waals surface area contributed by atoms with Crippen molar-refractivity contribution in [3.05, 3.63) is 72.1 Å². The molecule has 2 amide bonds. The maximum Gasteiger partial charge on any atom is 0.249 e. The first-order valence-corrected chi connectivity index (χ1v) is 18.2. The Hall–Kier alpha value is -5.01. The van der Waals surface area contributed by atoms with Gasteiger partial charge in [-0.25, -0.2) is 4.68 Å². The van der Waals surface area contributed by atoms with Crippen LogP contribution in [0.4, 0.5) is 17.2 Å². The van der Waals surface area contributed by atoms with Gasteiger partial charge in [0.05, 0.1) is 49.1 Å². The highest BCUT2D eigenvalue weighted by molar-refractivity contribution is 6.02. The zero-order chi connectivity index (χ0) is 34.6. The molecule has 4 N–H and O–H groups in total. The number of fused-ring (bicyclic) bond motifs is 3. The fourth-order valence-electron chi connectivity index (χ4n) is 9.36. The van der Waals surface area contributed by atoms with E-state index in [1.54, 1.807) is 22.9 Å². The number of phenolic OH excluding ortho intramolecular Hbond substituents is 1. The molecule has 4 aromatic rings. The van der Waals surface area contributed by atoms with Crippen LogP contribution >= 0.6 is 0 Å². The van der Waals surface area contributed by atoms with E-state index in [1.165, 1.54) is 16.8 Å². The number of piperazine rings is 1. The number of nitrogens with two attached hydrogens (primary N) is 1. The summed E-state index contributed by atoms with van der Waals surface area (Å²) in [4.78, 5) is 31.9. The third kappa shape index (κ3) is 5.78. The van der Waals surface area contributed by atoms with Gasteiger partial charge in [-0.3, -0.25) is 19.8 Å². The minimum Gasteiger partial charge on any atom is -0.507 e. The van der Waals surface area contributed by atoms with Gasteiger partial charge in [0.25, 0.3) is 0 Å². The topological polar surface area (TPSA) is 155 Å². The second kappa shape index (κ2) is 13.0. The summed E-state index contributed by atoms with van der Waals surface area (Å²) in [6.45, 7) is 3.98. The Morgan fingerprint density at radius 2 is 1.69 bits per heavy atom. The molecule has 2 aromatic heterocycles. The number of amides is 2. The summed E-state index contributed by atoms with van der Waals surface area (Å²) in [6.07, 6.45) is 10.4. The lowest BCUT2D eigenvalue weighted by Gasteiger charge is -2.54. The fraction of sp³-hybridized carbons (Fsp3) is 0.447. The number of para-hydroxylation sites is 1. The summed E-state index contributed by atoms with van der Waals surface area (Å²) < 4.78 is 7.86. The van der Waals surface area contributed by atoms with Crippen molar-refractivity contribution in [3.8, 4) is 22.7 Å². The molecule has 6 heterocycles. The molecule has 13 nitrogen and oxygen atoms in total. The van der Waals surface area contributed by atoms with Crippen LogP contribution in [0, 0.1) is 0 Å². The van der Waals surface area contributed by atoms with Gasteiger partial charge in [-0.1, -0.05) is 24.3 Å². The maximum absolute atomic E-state index is 12.7. The number of carbonyl (C=O) groups excluding carboxylic acids is 2. The number of aromatic hydroxyl groups is 1. The smallest absolute Gasteiger partial charge is 0.249 e. The number of morpholine rings is 1. The molecular weight excluding hydrogens is 646 g/mol. The molecule has 0 spiro atoms. The molecule has 1 aliphatic carbocycles. The van der Waals surface area contributed by atoms with Gasteiger partial charge < -0.3 is 25.4 Å². The average Bonchev–Trinajstić information content (AvgIpc) is 3.80. The van der Waals surface area contributed by atoms with Crippen LogP contribution in [0.1, 0.15) is 55.6 Å². The number of hydrogen-bond donors (Lipinski definition) is 3. The minimum atomic E-state index is -0.266. The van der Waals surface area contributed by atoms with Gasteiger partial charge in [-0.05, 0) is 79.8 Å². The first-order valence-electron chi connectivity index (χ1n) is 18.2. The third-order valence-electron chi connectivity index (χ3n) is 11.7. The number of hydrogen-bond acceptors (Lipinski definition) is 11. The van der Waals surface area contributed by atoms with Crippen LogP contribution in [0.3, 0.4) is 0 Å². The second-order valence-electron chi connectivity index (χ2n) is 14.6. The molecule has 2 aromatic carbocycles. The molecule has 13 heteroatoms. The van der Waals surface area contributed by atoms with E-state index in [1.807, 2.05) is 24.5 Å². The van der Waals surface area contributed by atoms with Gasteiger partial charge in [0.1, 0.15) is 17.5 Å². The number of rotatable bonds is 6. The van der Waals surface area contributed by atoms with Crippen molar-refractivity contribution in [2.24, 2.45) is 0 Å². The van der Waals surface area contributed by atoms with Gasteiger partial charge in [-0.15, -0.1) is 10.2 Å². The Kier molecular flexibility index (Phi) is 8.11. The van der Waals surface area contributed by atoms with E-state index in [0.29, 0.717) is 67.0 Å². The number of nitrogens with one attached hydrogen (secondary N) is 1. The predicted octanol–water partition coefficient (Wildman–Crippen LogP) is 3.40. The first-order chi connectivity index (χ1) is 24.9. The molecule has 2 unspecified atom stereocenters. The first kappa shape index (κ1) is 31.9. The number of benzene rings is 2. The third-order valence-corrected chi connectivity index (χ3v) is 11.7. The zero-order valence-electron chi connectivity index (χ0n) is 28.5. The van der Waals surface area contributed by atoms with E-state index in [4.69, 9.17) is 10.5 Å². The Labute approximate surface area is 296 Å². The number of ether oxygens (including phenoxy) is 1. The standard InChI is InChI=1S/C38H43N9O4/c39-37-34(16-31(42-43-37)30-4-1-2-7-35(30)48)46-20-25(17-40-46)44-18-26-21-51-22-27(19-44)47(26)24-10-8-23(9-11-24)28-5-3-6-32-29(28)14-15-45(32)33-12-13-36(49)41-38(33)50/h1-7,16-17,20,23-24,26-27,33,48H,8-15,18-19,21-22H2,(H2,39,43)(H,41,49,50)/t23?,24?,26-,27?,33?/m0/s1. The van der Waals surface area contributed by atoms with Crippen molar-refractivity contribution >= 4 is 29.0 Å². The van der Waals surface area contributed by atoms with Crippen molar-refractivity contribution in [1.29, 1.82) is 0 Å². The van der Waals surface area contributed by atoms with Crippen LogP contribution in [0.25, 0.3) is 16.9 Å². The molecule has 4 aliphatic heterocycles. The Morgan fingerprint density at radius 1 is 0.882 bits per heavy atom. The SMILES string of the molecule is Nc1nnc(-c2ccccc2O)cc1-n1cc(N2CC3COC[C@H](C2)N3C2CCC(c3cccc4c3CCN4C3CCC(=O)NC3=O)CC2)cn1. The summed E-state index contributed by atoms with van der Waals surface area (Å²) in [5, 5.41) is 25.9. The summed E-state index contributed by atoms with van der Waals surface area (Å²) >= 11 is 0. The maximum atomic E-state index is 12.7. The van der Waals surface area contributed by atoms with Gasteiger partial charge in [0.15, 0.2) is 5.82 Å². The van der Waals surface area contributed by atoms with Gasteiger partial charge in [0, 0.05) is 43.3 Å². The molecule has 2 bridgehead atoms. The Bertz CT molecular complexity index is 1960. The normalized spacial score (nSPS) is 26.6. The van der Waals surface area contributed by atoms with E-state index in [9.17, 15) is 14.7 Å². The molecule has 9 rings (SSSR count). The Morgan fingerprint density at radius 3 is 2.47 bits per heavy atom. The van der Waals surface area contributed by atoms with Crippen molar-refractivity contribution in [1.82, 2.24) is 30.2 Å². The molecule has 3 saturated heterocycles. The van der Waals surface area contributed by atoms with Crippen LogP contribution in [0.2, 0.25) is 0 Å². The fourth-order valence-corrected chi connectivity index (χ4v) is 9.36. The van der Waals surface area contributed by atoms with E-state index in [-0.39, 0.29) is 29.4 Å². The average molecular weight is 690 g/mol. The van der Waals surface area contributed by atoms with Crippen LogP contribution < -0.4 is 20.9 Å². The highest BCUT2D eigenvalue weighted by Gasteiger charge is 2.44. The monoisotopic (exact) mass is 689 g/mol.